The van der Waals surface area contributed by atoms with Crippen LogP contribution < -0.4 is 0 Å². The van der Waals surface area contributed by atoms with Crippen LogP contribution in [0.3, 0.4) is 0 Å². The second-order valence-corrected chi connectivity index (χ2v) is 8.46. The number of thiophene rings is 1. The third kappa shape index (κ3) is 3.23. The summed E-state index contributed by atoms with van der Waals surface area (Å²) in [5.74, 6) is 2.76. The summed E-state index contributed by atoms with van der Waals surface area (Å²) in [5.41, 5.74) is 0.779. The van der Waals surface area contributed by atoms with Gasteiger partial charge in [-0.2, -0.15) is 11.3 Å². The minimum absolute atomic E-state index is 0.110. The topological polar surface area (TPSA) is 40.6 Å². The summed E-state index contributed by atoms with van der Waals surface area (Å²) >= 11 is 1.55. The van der Waals surface area contributed by atoms with Gasteiger partial charge >= 0.3 is 0 Å². The molecule has 2 amide bonds. The summed E-state index contributed by atoms with van der Waals surface area (Å²) in [6.45, 7) is 2.91. The van der Waals surface area contributed by atoms with Crippen molar-refractivity contribution in [3.05, 3.63) is 22.4 Å². The molecule has 3 aliphatic rings. The highest BCUT2D eigenvalue weighted by Gasteiger charge is 2.40. The summed E-state index contributed by atoms with van der Waals surface area (Å²) < 4.78 is 0. The van der Waals surface area contributed by atoms with Crippen LogP contribution in [-0.4, -0.2) is 47.8 Å². The second-order valence-electron chi connectivity index (χ2n) is 7.68. The van der Waals surface area contributed by atoms with E-state index in [4.69, 9.17) is 0 Å². The fraction of sp³-hybridized carbons (Fsp3) is 0.684. The number of hydrogen-bond acceptors (Lipinski definition) is 3. The third-order valence-corrected chi connectivity index (χ3v) is 6.91. The van der Waals surface area contributed by atoms with E-state index < -0.39 is 0 Å². The minimum Gasteiger partial charge on any atom is -0.341 e. The Bertz CT molecular complexity index is 601. The van der Waals surface area contributed by atoms with Crippen molar-refractivity contribution in [3.8, 4) is 0 Å². The van der Waals surface area contributed by atoms with Gasteiger partial charge in [0.1, 0.15) is 0 Å². The van der Waals surface area contributed by atoms with Crippen molar-refractivity contribution in [2.24, 2.45) is 17.8 Å². The molecule has 1 saturated heterocycles. The lowest BCUT2D eigenvalue weighted by Gasteiger charge is -2.26. The number of fused-ring (bicyclic) bond motifs is 2. The lowest BCUT2D eigenvalue weighted by Crippen LogP contribution is -2.38. The normalized spacial score (nSPS) is 29.8. The Morgan fingerprint density at radius 3 is 2.62 bits per heavy atom. The molecule has 0 unspecified atom stereocenters. The standard InChI is InChI=1S/C19H26N2O2S/c22-18(12-17-11-14-2-3-15(17)10-14)20-5-1-6-21(8-7-20)19(23)16-4-9-24-13-16/h4,9,13-15,17H,1-3,5-8,10-12H2/t14-,15-,17-/m0/s1. The molecule has 2 heterocycles. The van der Waals surface area contributed by atoms with E-state index in [1.165, 1.54) is 25.7 Å². The molecular formula is C19H26N2O2S. The van der Waals surface area contributed by atoms with Crippen LogP contribution in [0.2, 0.25) is 0 Å². The van der Waals surface area contributed by atoms with E-state index >= 15 is 0 Å². The van der Waals surface area contributed by atoms with Gasteiger partial charge in [0.25, 0.3) is 5.91 Å². The summed E-state index contributed by atoms with van der Waals surface area (Å²) in [6.07, 6.45) is 6.98. The van der Waals surface area contributed by atoms with E-state index in [1.54, 1.807) is 11.3 Å². The first-order valence-corrected chi connectivity index (χ1v) is 10.2. The molecule has 1 aromatic heterocycles. The number of rotatable bonds is 3. The molecule has 2 saturated carbocycles. The van der Waals surface area contributed by atoms with Crippen LogP contribution in [-0.2, 0) is 4.79 Å². The van der Waals surface area contributed by atoms with Crippen molar-refractivity contribution in [3.63, 3.8) is 0 Å². The first-order chi connectivity index (χ1) is 11.7. The lowest BCUT2D eigenvalue weighted by molar-refractivity contribution is -0.132. The Morgan fingerprint density at radius 1 is 1.08 bits per heavy atom. The van der Waals surface area contributed by atoms with E-state index in [0.29, 0.717) is 24.9 Å². The highest BCUT2D eigenvalue weighted by molar-refractivity contribution is 7.08. The van der Waals surface area contributed by atoms with Crippen LogP contribution in [0.15, 0.2) is 16.8 Å². The fourth-order valence-electron chi connectivity index (χ4n) is 4.92. The van der Waals surface area contributed by atoms with Gasteiger partial charge in [-0.05, 0) is 54.9 Å². The monoisotopic (exact) mass is 346 g/mol. The molecule has 4 rings (SSSR count). The Balaban J connectivity index is 1.31. The molecule has 2 aliphatic carbocycles. The van der Waals surface area contributed by atoms with Gasteiger partial charge in [0.2, 0.25) is 5.91 Å². The molecule has 1 aromatic rings. The van der Waals surface area contributed by atoms with Gasteiger partial charge in [-0.15, -0.1) is 0 Å². The molecular weight excluding hydrogens is 320 g/mol. The zero-order valence-electron chi connectivity index (χ0n) is 14.2. The molecule has 130 valence electrons. The van der Waals surface area contributed by atoms with E-state index in [0.717, 1.165) is 43.3 Å². The fourth-order valence-corrected chi connectivity index (χ4v) is 5.55. The van der Waals surface area contributed by atoms with E-state index in [-0.39, 0.29) is 5.91 Å². The average Bonchev–Trinajstić information content (AvgIpc) is 3.29. The van der Waals surface area contributed by atoms with Gasteiger partial charge in [-0.1, -0.05) is 6.42 Å². The molecule has 0 spiro atoms. The van der Waals surface area contributed by atoms with E-state index in [9.17, 15) is 9.59 Å². The van der Waals surface area contributed by atoms with Crippen molar-refractivity contribution in [2.75, 3.05) is 26.2 Å². The van der Waals surface area contributed by atoms with Gasteiger partial charge < -0.3 is 9.80 Å². The van der Waals surface area contributed by atoms with Crippen molar-refractivity contribution in [1.82, 2.24) is 9.80 Å². The summed E-state index contributed by atoms with van der Waals surface area (Å²) in [5, 5.41) is 3.85. The lowest BCUT2D eigenvalue weighted by atomic mass is 9.86. The first-order valence-electron chi connectivity index (χ1n) is 9.30. The maximum absolute atomic E-state index is 12.7. The number of nitrogens with zero attached hydrogens (tertiary/aromatic N) is 2. The molecule has 4 nitrogen and oxygen atoms in total. The van der Waals surface area contributed by atoms with Crippen LogP contribution in [0.4, 0.5) is 0 Å². The van der Waals surface area contributed by atoms with Crippen molar-refractivity contribution in [2.45, 2.75) is 38.5 Å². The Hall–Kier alpha value is -1.36. The zero-order valence-corrected chi connectivity index (χ0v) is 15.0. The highest BCUT2D eigenvalue weighted by Crippen LogP contribution is 2.49. The van der Waals surface area contributed by atoms with Gasteiger partial charge in [-0.3, -0.25) is 9.59 Å². The van der Waals surface area contributed by atoms with E-state index in [1.807, 2.05) is 26.6 Å². The maximum atomic E-state index is 12.7. The predicted octanol–water partition coefficient (Wildman–Crippen LogP) is 3.25. The molecule has 5 heteroatoms. The summed E-state index contributed by atoms with van der Waals surface area (Å²) in [6, 6.07) is 1.88. The molecule has 3 fully saturated rings. The van der Waals surface area contributed by atoms with E-state index in [2.05, 4.69) is 0 Å². The number of carbonyl (C=O) groups excluding carboxylic acids is 2. The largest absolute Gasteiger partial charge is 0.341 e. The Kier molecular flexibility index (Phi) is 4.61. The van der Waals surface area contributed by atoms with Crippen LogP contribution in [0.25, 0.3) is 0 Å². The maximum Gasteiger partial charge on any atom is 0.254 e. The van der Waals surface area contributed by atoms with Crippen LogP contribution in [0.5, 0.6) is 0 Å². The third-order valence-electron chi connectivity index (χ3n) is 6.23. The predicted molar refractivity (Wildman–Crippen MR) is 95.0 cm³/mol. The second kappa shape index (κ2) is 6.87. The Morgan fingerprint density at radius 2 is 1.92 bits per heavy atom. The SMILES string of the molecule is O=C(C[C@@H]1C[C@H]2CC[C@H]1C2)N1CCCN(C(=O)c2ccsc2)CC1. The van der Waals surface area contributed by atoms with Gasteiger partial charge in [-0.25, -0.2) is 0 Å². The minimum atomic E-state index is 0.110. The van der Waals surface area contributed by atoms with Crippen LogP contribution in [0, 0.1) is 17.8 Å². The molecule has 0 aromatic carbocycles. The van der Waals surface area contributed by atoms with Crippen LogP contribution in [0.1, 0.15) is 48.9 Å². The Labute approximate surface area is 147 Å². The van der Waals surface area contributed by atoms with Crippen molar-refractivity contribution < 1.29 is 9.59 Å². The number of amides is 2. The van der Waals surface area contributed by atoms with Gasteiger partial charge in [0, 0.05) is 38.0 Å². The van der Waals surface area contributed by atoms with Crippen molar-refractivity contribution >= 4 is 23.2 Å². The molecule has 2 bridgehead atoms. The van der Waals surface area contributed by atoms with Crippen molar-refractivity contribution in [1.29, 1.82) is 0 Å². The summed E-state index contributed by atoms with van der Waals surface area (Å²) in [7, 11) is 0. The molecule has 3 atom stereocenters. The average molecular weight is 346 g/mol. The molecule has 0 radical (unpaired) electrons. The van der Waals surface area contributed by atoms with Gasteiger partial charge in [0.15, 0.2) is 0 Å². The quantitative estimate of drug-likeness (QED) is 0.843. The smallest absolute Gasteiger partial charge is 0.254 e. The first kappa shape index (κ1) is 16.1. The molecule has 1 aliphatic heterocycles. The number of carbonyl (C=O) groups is 2. The molecule has 0 N–H and O–H groups in total. The van der Waals surface area contributed by atoms with Crippen LogP contribution >= 0.6 is 11.3 Å². The van der Waals surface area contributed by atoms with Gasteiger partial charge in [0.05, 0.1) is 5.56 Å². The molecule has 24 heavy (non-hydrogen) atoms. The zero-order chi connectivity index (χ0) is 16.5. The number of hydrogen-bond donors (Lipinski definition) is 0. The highest BCUT2D eigenvalue weighted by atomic mass is 32.1. The summed E-state index contributed by atoms with van der Waals surface area (Å²) in [4.78, 5) is 29.1.